The van der Waals surface area contributed by atoms with E-state index in [9.17, 15) is 23.2 Å². The van der Waals surface area contributed by atoms with E-state index in [4.69, 9.17) is 11.6 Å². The molecule has 0 saturated carbocycles. The number of phenolic OH excluding ortho intramolecular Hbond substituents is 1. The minimum Gasteiger partial charge on any atom is -0.746 e. The third-order valence-electron chi connectivity index (χ3n) is 2.86. The van der Waals surface area contributed by atoms with Crippen molar-refractivity contribution in [3.63, 3.8) is 0 Å². The topological polar surface area (TPSA) is 97.7 Å². The first-order chi connectivity index (χ1) is 10.3. The molecule has 0 aliphatic heterocycles. The van der Waals surface area contributed by atoms with E-state index in [1.54, 1.807) is 24.3 Å². The first-order valence-corrected chi connectivity index (χ1v) is 8.94. The number of phenols is 1. The number of halogens is 1. The van der Waals surface area contributed by atoms with E-state index in [2.05, 4.69) is 0 Å². The Morgan fingerprint density at radius 1 is 1.17 bits per heavy atom. The fraction of sp³-hybridized carbons (Fsp3) is 0.143. The molecular formula is C14H12ClNaO5S2. The molecule has 0 radical (unpaired) electrons. The van der Waals surface area contributed by atoms with E-state index >= 15 is 0 Å². The molecule has 1 unspecified atom stereocenters. The van der Waals surface area contributed by atoms with Crippen LogP contribution in [0.5, 0.6) is 5.75 Å². The Labute approximate surface area is 165 Å². The number of benzene rings is 2. The molecule has 0 spiro atoms. The number of aliphatic hydroxyl groups excluding tert-OH is 1. The molecule has 0 fully saturated rings. The fourth-order valence-electron chi connectivity index (χ4n) is 1.70. The number of aromatic hydroxyl groups is 1. The van der Waals surface area contributed by atoms with Gasteiger partial charge in [-0.1, -0.05) is 29.8 Å². The maximum absolute atomic E-state index is 10.7. The molecule has 0 bridgehead atoms. The van der Waals surface area contributed by atoms with Gasteiger partial charge in [0.2, 0.25) is 0 Å². The minimum atomic E-state index is -4.77. The van der Waals surface area contributed by atoms with Gasteiger partial charge in [0.1, 0.15) is 15.9 Å². The summed E-state index contributed by atoms with van der Waals surface area (Å²) < 4.78 is 32.2. The van der Waals surface area contributed by atoms with Gasteiger partial charge in [0, 0.05) is 10.6 Å². The number of hydrogen-bond acceptors (Lipinski definition) is 6. The van der Waals surface area contributed by atoms with Crippen molar-refractivity contribution in [1.82, 2.24) is 0 Å². The predicted octanol–water partition coefficient (Wildman–Crippen LogP) is -0.122. The Kier molecular flexibility index (Phi) is 7.89. The van der Waals surface area contributed by atoms with Crippen LogP contribution < -0.4 is 29.6 Å². The van der Waals surface area contributed by atoms with Crippen LogP contribution >= 0.6 is 23.4 Å². The standard InChI is InChI=1S/C14H13ClO5S2.Na/c15-12-7-9(1-6-13(12)16)8-21-11-4-2-10(3-5-11)14(17)22(18,19)20;/h1-7,14,16-17H,8H2,(H,18,19,20);/q;+1/p-1. The number of aliphatic hydroxyl groups is 1. The molecule has 0 aliphatic rings. The van der Waals surface area contributed by atoms with Crippen LogP contribution in [0.3, 0.4) is 0 Å². The third kappa shape index (κ3) is 5.95. The van der Waals surface area contributed by atoms with Gasteiger partial charge in [0.05, 0.1) is 5.02 Å². The van der Waals surface area contributed by atoms with Crippen molar-refractivity contribution in [3.05, 3.63) is 58.6 Å². The summed E-state index contributed by atoms with van der Waals surface area (Å²) in [5.41, 5.74) is -1.10. The van der Waals surface area contributed by atoms with Gasteiger partial charge in [-0.3, -0.25) is 0 Å². The van der Waals surface area contributed by atoms with Gasteiger partial charge in [-0.15, -0.1) is 11.8 Å². The van der Waals surface area contributed by atoms with Gasteiger partial charge in [-0.2, -0.15) is 0 Å². The van der Waals surface area contributed by atoms with Crippen LogP contribution in [0.2, 0.25) is 5.02 Å². The summed E-state index contributed by atoms with van der Waals surface area (Å²) in [6.45, 7) is 0. The summed E-state index contributed by atoms with van der Waals surface area (Å²) in [4.78, 5) is 0.837. The van der Waals surface area contributed by atoms with Gasteiger partial charge in [-0.05, 0) is 35.4 Å². The second kappa shape index (κ2) is 8.73. The number of hydrogen-bond donors (Lipinski definition) is 2. The maximum atomic E-state index is 10.7. The largest absolute Gasteiger partial charge is 1.00 e. The van der Waals surface area contributed by atoms with Gasteiger partial charge in [0.15, 0.2) is 5.44 Å². The van der Waals surface area contributed by atoms with Crippen molar-refractivity contribution in [2.75, 3.05) is 0 Å². The molecule has 118 valence electrons. The first-order valence-electron chi connectivity index (χ1n) is 6.10. The number of thioether (sulfide) groups is 1. The Balaban J connectivity index is 0.00000264. The maximum Gasteiger partial charge on any atom is 1.00 e. The van der Waals surface area contributed by atoms with Crippen LogP contribution in [0.25, 0.3) is 0 Å². The average molecular weight is 383 g/mol. The second-order valence-electron chi connectivity index (χ2n) is 4.49. The van der Waals surface area contributed by atoms with Crippen molar-refractivity contribution in [1.29, 1.82) is 0 Å². The van der Waals surface area contributed by atoms with Gasteiger partial charge >= 0.3 is 29.6 Å². The SMILES string of the molecule is O=S(=O)([O-])C(O)c1ccc(SCc2ccc(O)c(Cl)c2)cc1.[Na+]. The van der Waals surface area contributed by atoms with Crippen molar-refractivity contribution in [2.45, 2.75) is 16.1 Å². The molecule has 5 nitrogen and oxygen atoms in total. The third-order valence-corrected chi connectivity index (χ3v) is 5.06. The zero-order valence-corrected chi connectivity index (χ0v) is 16.5. The Hall–Kier alpha value is -0.250. The molecule has 23 heavy (non-hydrogen) atoms. The molecule has 0 heterocycles. The van der Waals surface area contributed by atoms with Gasteiger partial charge in [0.25, 0.3) is 0 Å². The first kappa shape index (κ1) is 20.8. The molecule has 2 aromatic carbocycles. The van der Waals surface area contributed by atoms with Crippen molar-refractivity contribution < 1.29 is 52.7 Å². The monoisotopic (exact) mass is 382 g/mol. The summed E-state index contributed by atoms with van der Waals surface area (Å²) in [5.74, 6) is 0.620. The molecule has 2 rings (SSSR count). The molecule has 0 saturated heterocycles. The molecule has 0 aromatic heterocycles. The van der Waals surface area contributed by atoms with Crippen molar-refractivity contribution >= 4 is 33.5 Å². The molecule has 9 heteroatoms. The van der Waals surface area contributed by atoms with E-state index in [0.717, 1.165) is 10.5 Å². The molecule has 2 aromatic rings. The van der Waals surface area contributed by atoms with E-state index in [1.165, 1.54) is 30.0 Å². The summed E-state index contributed by atoms with van der Waals surface area (Å²) >= 11 is 7.29. The molecular weight excluding hydrogens is 371 g/mol. The van der Waals surface area contributed by atoms with Crippen LogP contribution in [0.4, 0.5) is 0 Å². The summed E-state index contributed by atoms with van der Waals surface area (Å²) in [6, 6.07) is 10.9. The van der Waals surface area contributed by atoms with Crippen LogP contribution in [0.15, 0.2) is 47.4 Å². The van der Waals surface area contributed by atoms with Crippen molar-refractivity contribution in [2.24, 2.45) is 0 Å². The zero-order chi connectivity index (χ0) is 16.3. The number of rotatable bonds is 5. The second-order valence-corrected chi connectivity index (χ2v) is 7.38. The average Bonchev–Trinajstić information content (AvgIpc) is 2.47. The quantitative estimate of drug-likeness (QED) is 0.425. The van der Waals surface area contributed by atoms with E-state index in [0.29, 0.717) is 5.75 Å². The van der Waals surface area contributed by atoms with E-state index in [-0.39, 0.29) is 45.9 Å². The van der Waals surface area contributed by atoms with E-state index < -0.39 is 15.6 Å². The van der Waals surface area contributed by atoms with Crippen LogP contribution in [-0.4, -0.2) is 23.2 Å². The summed E-state index contributed by atoms with van der Waals surface area (Å²) in [6.07, 6.45) is 0. The van der Waals surface area contributed by atoms with Crippen molar-refractivity contribution in [3.8, 4) is 5.75 Å². The summed E-state index contributed by atoms with van der Waals surface area (Å²) in [5, 5.41) is 19.0. The van der Waals surface area contributed by atoms with Crippen LogP contribution in [0.1, 0.15) is 16.6 Å². The van der Waals surface area contributed by atoms with Crippen LogP contribution in [0, 0.1) is 0 Å². The molecule has 0 aliphatic carbocycles. The van der Waals surface area contributed by atoms with Gasteiger partial charge in [-0.25, -0.2) is 8.42 Å². The van der Waals surface area contributed by atoms with E-state index in [1.807, 2.05) is 0 Å². The minimum absolute atomic E-state index is 0. The Morgan fingerprint density at radius 3 is 2.30 bits per heavy atom. The van der Waals surface area contributed by atoms with Gasteiger partial charge < -0.3 is 14.8 Å². The smallest absolute Gasteiger partial charge is 0.746 e. The van der Waals surface area contributed by atoms with Crippen LogP contribution in [-0.2, 0) is 15.9 Å². The molecule has 0 amide bonds. The molecule has 1 atom stereocenters. The summed E-state index contributed by atoms with van der Waals surface area (Å²) in [7, 11) is -4.77. The Bertz CT molecular complexity index is 765. The molecule has 2 N–H and O–H groups in total. The normalized spacial score (nSPS) is 12.5. The zero-order valence-electron chi connectivity index (χ0n) is 12.1. The predicted molar refractivity (Wildman–Crippen MR) is 83.8 cm³/mol. The Morgan fingerprint density at radius 2 is 1.78 bits per heavy atom. The fourth-order valence-corrected chi connectivity index (χ4v) is 3.24.